The van der Waals surface area contributed by atoms with Crippen molar-refractivity contribution in [3.63, 3.8) is 0 Å². The minimum absolute atomic E-state index is 0.0774. The molecule has 1 aliphatic rings. The fourth-order valence-corrected chi connectivity index (χ4v) is 5.78. The van der Waals surface area contributed by atoms with Crippen molar-refractivity contribution in [3.05, 3.63) is 82.4 Å². The van der Waals surface area contributed by atoms with Crippen LogP contribution in [0, 0.1) is 11.6 Å². The first-order valence-electron chi connectivity index (χ1n) is 9.95. The predicted octanol–water partition coefficient (Wildman–Crippen LogP) is 4.29. The summed E-state index contributed by atoms with van der Waals surface area (Å²) in [5, 5.41) is 11.4. The third-order valence-corrected chi connectivity index (χ3v) is 7.30. The highest BCUT2D eigenvalue weighted by Crippen LogP contribution is 2.52. The largest absolute Gasteiger partial charge is 0.354 e. The molecule has 0 aliphatic carbocycles. The molecule has 6 nitrogen and oxygen atoms in total. The first-order valence-corrected chi connectivity index (χ1v) is 11.6. The minimum Gasteiger partial charge on any atom is -0.354 e. The van der Waals surface area contributed by atoms with Gasteiger partial charge in [-0.25, -0.2) is 18.8 Å². The van der Waals surface area contributed by atoms with E-state index in [1.165, 1.54) is 30.1 Å². The third kappa shape index (κ3) is 4.13. The molecule has 1 unspecified atom stereocenters. The average molecular weight is 474 g/mol. The summed E-state index contributed by atoms with van der Waals surface area (Å²) in [4.78, 5) is 15.8. The number of amides is 1. The standard InChI is InChI=1S/C22H21F2N5OS2/c1-26-19(30)18-13-31-21(27-18)29-22(10-5-11-25,14-6-3-2-4-7-14)32-20(28-29)16-12-15(23)8-9-17(16)24/h2-4,6-9,12-13H,5,10-11,25H2,1H3,(H,26,30). The van der Waals surface area contributed by atoms with E-state index in [9.17, 15) is 13.6 Å². The zero-order valence-electron chi connectivity index (χ0n) is 17.2. The van der Waals surface area contributed by atoms with E-state index in [4.69, 9.17) is 10.8 Å². The molecule has 32 heavy (non-hydrogen) atoms. The van der Waals surface area contributed by atoms with Crippen LogP contribution in [0.5, 0.6) is 0 Å². The van der Waals surface area contributed by atoms with Crippen molar-refractivity contribution < 1.29 is 13.6 Å². The minimum atomic E-state index is -0.785. The molecule has 1 aromatic heterocycles. The molecule has 0 spiro atoms. The van der Waals surface area contributed by atoms with Crippen LogP contribution in [-0.4, -0.2) is 29.5 Å². The van der Waals surface area contributed by atoms with Gasteiger partial charge in [0.15, 0.2) is 0 Å². The lowest BCUT2D eigenvalue weighted by atomic mass is 10.0. The topological polar surface area (TPSA) is 83.6 Å². The molecule has 3 aromatic rings. The van der Waals surface area contributed by atoms with Gasteiger partial charge in [0, 0.05) is 18.0 Å². The predicted molar refractivity (Wildman–Crippen MR) is 125 cm³/mol. The molecule has 0 saturated carbocycles. The van der Waals surface area contributed by atoms with Crippen LogP contribution in [0.15, 0.2) is 59.0 Å². The second kappa shape index (κ2) is 9.35. The van der Waals surface area contributed by atoms with Crippen LogP contribution in [-0.2, 0) is 4.87 Å². The van der Waals surface area contributed by atoms with Crippen LogP contribution in [0.4, 0.5) is 13.9 Å². The van der Waals surface area contributed by atoms with Crippen molar-refractivity contribution in [2.45, 2.75) is 17.7 Å². The monoisotopic (exact) mass is 473 g/mol. The van der Waals surface area contributed by atoms with Gasteiger partial charge in [-0.15, -0.1) is 11.3 Å². The highest BCUT2D eigenvalue weighted by atomic mass is 32.2. The Bertz CT molecular complexity index is 1150. The SMILES string of the molecule is CNC(=O)c1csc(N2N=C(c3cc(F)ccc3F)SC2(CCCN)c2ccccc2)n1. The summed E-state index contributed by atoms with van der Waals surface area (Å²) in [7, 11) is 1.53. The molecule has 0 radical (unpaired) electrons. The number of benzene rings is 2. The molecule has 0 bridgehead atoms. The van der Waals surface area contributed by atoms with Crippen LogP contribution in [0.3, 0.4) is 0 Å². The van der Waals surface area contributed by atoms with Crippen molar-refractivity contribution in [1.29, 1.82) is 0 Å². The molecular formula is C22H21F2N5OS2. The van der Waals surface area contributed by atoms with E-state index in [2.05, 4.69) is 10.3 Å². The maximum atomic E-state index is 14.6. The highest BCUT2D eigenvalue weighted by molar-refractivity contribution is 8.15. The van der Waals surface area contributed by atoms with Gasteiger partial charge in [0.1, 0.15) is 27.2 Å². The summed E-state index contributed by atoms with van der Waals surface area (Å²) in [6.07, 6.45) is 1.25. The molecule has 0 fully saturated rings. The Kier molecular flexibility index (Phi) is 6.54. The van der Waals surface area contributed by atoms with Gasteiger partial charge in [-0.05, 0) is 43.1 Å². The smallest absolute Gasteiger partial charge is 0.270 e. The van der Waals surface area contributed by atoms with Crippen LogP contribution in [0.1, 0.15) is 34.5 Å². The van der Waals surface area contributed by atoms with Crippen LogP contribution in [0.2, 0.25) is 0 Å². The zero-order chi connectivity index (χ0) is 22.7. The summed E-state index contributed by atoms with van der Waals surface area (Å²) in [6, 6.07) is 13.0. The first-order chi connectivity index (χ1) is 15.5. The number of hydrogen-bond donors (Lipinski definition) is 2. The second-order valence-electron chi connectivity index (χ2n) is 7.08. The number of rotatable bonds is 7. The Balaban J connectivity index is 1.88. The highest BCUT2D eigenvalue weighted by Gasteiger charge is 2.47. The van der Waals surface area contributed by atoms with E-state index >= 15 is 0 Å². The van der Waals surface area contributed by atoms with Gasteiger partial charge in [0.05, 0.1) is 0 Å². The molecule has 166 valence electrons. The molecule has 3 N–H and O–H groups in total. The molecule has 1 amide bonds. The van der Waals surface area contributed by atoms with E-state index < -0.39 is 16.5 Å². The number of nitrogens with zero attached hydrogens (tertiary/aromatic N) is 3. The summed E-state index contributed by atoms with van der Waals surface area (Å²) < 4.78 is 28.6. The van der Waals surface area contributed by atoms with Crippen molar-refractivity contribution in [2.24, 2.45) is 10.8 Å². The molecule has 4 rings (SSSR count). The normalized spacial score (nSPS) is 18.0. The fourth-order valence-electron chi connectivity index (χ4n) is 3.48. The lowest BCUT2D eigenvalue weighted by molar-refractivity contribution is 0.0959. The summed E-state index contributed by atoms with van der Waals surface area (Å²) in [5.41, 5.74) is 7.10. The number of nitrogens with two attached hydrogens (primary N) is 1. The van der Waals surface area contributed by atoms with Crippen molar-refractivity contribution in [2.75, 3.05) is 18.6 Å². The number of carbonyl (C=O) groups excluding carboxylic acids is 1. The first kappa shape index (κ1) is 22.4. The molecule has 1 aliphatic heterocycles. The van der Waals surface area contributed by atoms with E-state index in [0.717, 1.165) is 23.8 Å². The number of hydrazone groups is 1. The van der Waals surface area contributed by atoms with Crippen molar-refractivity contribution >= 4 is 39.2 Å². The van der Waals surface area contributed by atoms with Crippen LogP contribution in [0.25, 0.3) is 0 Å². The fraction of sp³-hybridized carbons (Fsp3) is 0.227. The Morgan fingerprint density at radius 3 is 2.72 bits per heavy atom. The van der Waals surface area contributed by atoms with E-state index in [1.807, 2.05) is 30.3 Å². The van der Waals surface area contributed by atoms with Crippen molar-refractivity contribution in [3.8, 4) is 0 Å². The van der Waals surface area contributed by atoms with Gasteiger partial charge in [-0.2, -0.15) is 5.10 Å². The number of aromatic nitrogens is 1. The Labute approximate surface area is 192 Å². The Morgan fingerprint density at radius 2 is 2.00 bits per heavy atom. The number of halogens is 2. The molecular weight excluding hydrogens is 452 g/mol. The van der Waals surface area contributed by atoms with Gasteiger partial charge >= 0.3 is 0 Å². The maximum Gasteiger partial charge on any atom is 0.270 e. The maximum absolute atomic E-state index is 14.6. The van der Waals surface area contributed by atoms with E-state index in [-0.39, 0.29) is 17.2 Å². The molecule has 0 saturated heterocycles. The van der Waals surface area contributed by atoms with E-state index in [0.29, 0.717) is 29.6 Å². The summed E-state index contributed by atoms with van der Waals surface area (Å²) >= 11 is 2.59. The van der Waals surface area contributed by atoms with Gasteiger partial charge in [0.2, 0.25) is 5.13 Å². The number of carbonyl (C=O) groups is 1. The second-order valence-corrected chi connectivity index (χ2v) is 9.18. The molecule has 1 atom stereocenters. The lowest BCUT2D eigenvalue weighted by Crippen LogP contribution is -2.38. The quantitative estimate of drug-likeness (QED) is 0.535. The third-order valence-electron chi connectivity index (χ3n) is 5.03. The van der Waals surface area contributed by atoms with Gasteiger partial charge in [-0.3, -0.25) is 4.79 Å². The average Bonchev–Trinajstić information content (AvgIpc) is 3.45. The van der Waals surface area contributed by atoms with Gasteiger partial charge < -0.3 is 11.1 Å². The Hall–Kier alpha value is -2.82. The number of hydrogen-bond acceptors (Lipinski definition) is 7. The van der Waals surface area contributed by atoms with Crippen molar-refractivity contribution in [1.82, 2.24) is 10.3 Å². The van der Waals surface area contributed by atoms with Crippen LogP contribution < -0.4 is 16.1 Å². The molecule has 2 heterocycles. The summed E-state index contributed by atoms with van der Waals surface area (Å²) in [5.74, 6) is -1.43. The molecule has 10 heteroatoms. The number of thiazole rings is 1. The van der Waals surface area contributed by atoms with E-state index in [1.54, 1.807) is 10.4 Å². The lowest BCUT2D eigenvalue weighted by Gasteiger charge is -2.35. The zero-order valence-corrected chi connectivity index (χ0v) is 18.9. The molecule has 2 aromatic carbocycles. The number of thioether (sulfide) groups is 1. The van der Waals surface area contributed by atoms with Gasteiger partial charge in [0.25, 0.3) is 5.91 Å². The number of anilines is 1. The Morgan fingerprint density at radius 1 is 1.22 bits per heavy atom. The van der Waals surface area contributed by atoms with Crippen LogP contribution >= 0.6 is 23.1 Å². The summed E-state index contributed by atoms with van der Waals surface area (Å²) in [6.45, 7) is 0.452. The van der Waals surface area contributed by atoms with Gasteiger partial charge in [-0.1, -0.05) is 42.1 Å². The number of nitrogens with one attached hydrogen (secondary N) is 1.